The van der Waals surface area contributed by atoms with Crippen LogP contribution in [0.4, 0.5) is 0 Å². The molecule has 166 valence electrons. The first-order valence-corrected chi connectivity index (χ1v) is 11.9. The average molecular weight is 414 g/mol. The van der Waals surface area contributed by atoms with E-state index in [0.717, 1.165) is 64.8 Å². The zero-order valence-electron chi connectivity index (χ0n) is 18.9. The first-order valence-electron chi connectivity index (χ1n) is 11.9. The smallest absolute Gasteiger partial charge is 0.222 e. The standard InChI is InChI=1S/C25H39N3O2/c1-3-27-14-10-23(11-15-27)19-25(30)28-16-12-22(13-17-28)18-21-6-4-20(5-7-21)8-9-24(29)26-2/h4-7,22-23H,3,8-19H2,1-2H3,(H,26,29). The number of likely N-dealkylation sites (tertiary alicyclic amines) is 2. The van der Waals surface area contributed by atoms with Crippen molar-refractivity contribution in [3.8, 4) is 0 Å². The first kappa shape index (κ1) is 22.8. The van der Waals surface area contributed by atoms with E-state index in [1.54, 1.807) is 7.05 Å². The van der Waals surface area contributed by atoms with Crippen molar-refractivity contribution < 1.29 is 9.59 Å². The van der Waals surface area contributed by atoms with Crippen LogP contribution in [0.15, 0.2) is 24.3 Å². The van der Waals surface area contributed by atoms with Gasteiger partial charge in [-0.05, 0) is 81.1 Å². The SMILES string of the molecule is CCN1CCC(CC(=O)N2CCC(Cc3ccc(CCC(=O)NC)cc3)CC2)CC1. The summed E-state index contributed by atoms with van der Waals surface area (Å²) in [6, 6.07) is 8.72. The van der Waals surface area contributed by atoms with Gasteiger partial charge in [0.05, 0.1) is 0 Å². The Morgan fingerprint density at radius 2 is 1.53 bits per heavy atom. The second-order valence-corrected chi connectivity index (χ2v) is 9.10. The number of hydrogen-bond donors (Lipinski definition) is 1. The average Bonchev–Trinajstić information content (AvgIpc) is 2.79. The molecule has 0 spiro atoms. The van der Waals surface area contributed by atoms with Gasteiger partial charge in [0, 0.05) is 33.0 Å². The Balaban J connectivity index is 1.37. The highest BCUT2D eigenvalue weighted by molar-refractivity contribution is 5.76. The van der Waals surface area contributed by atoms with Crippen molar-refractivity contribution in [2.45, 2.75) is 58.3 Å². The van der Waals surface area contributed by atoms with Crippen molar-refractivity contribution >= 4 is 11.8 Å². The molecule has 1 N–H and O–H groups in total. The van der Waals surface area contributed by atoms with Gasteiger partial charge in [0.25, 0.3) is 0 Å². The second-order valence-electron chi connectivity index (χ2n) is 9.10. The molecule has 0 atom stereocenters. The summed E-state index contributed by atoms with van der Waals surface area (Å²) in [5.74, 6) is 1.72. The molecule has 5 heteroatoms. The Hall–Kier alpha value is -1.88. The lowest BCUT2D eigenvalue weighted by Gasteiger charge is -2.35. The van der Waals surface area contributed by atoms with Gasteiger partial charge in [-0.2, -0.15) is 0 Å². The molecule has 1 aromatic rings. The summed E-state index contributed by atoms with van der Waals surface area (Å²) in [6.07, 6.45) is 7.74. The third-order valence-corrected chi connectivity index (χ3v) is 7.05. The van der Waals surface area contributed by atoms with E-state index in [-0.39, 0.29) is 5.91 Å². The van der Waals surface area contributed by atoms with Gasteiger partial charge in [-0.3, -0.25) is 9.59 Å². The number of aryl methyl sites for hydroxylation is 1. The molecule has 0 bridgehead atoms. The molecule has 2 aliphatic heterocycles. The lowest BCUT2D eigenvalue weighted by atomic mass is 9.88. The maximum atomic E-state index is 12.7. The second kappa shape index (κ2) is 11.5. The fourth-order valence-electron chi connectivity index (χ4n) is 4.83. The van der Waals surface area contributed by atoms with E-state index in [0.29, 0.717) is 24.2 Å². The van der Waals surface area contributed by atoms with Gasteiger partial charge in [-0.1, -0.05) is 31.2 Å². The third kappa shape index (κ3) is 6.83. The highest BCUT2D eigenvalue weighted by atomic mass is 16.2. The van der Waals surface area contributed by atoms with Gasteiger partial charge in [-0.25, -0.2) is 0 Å². The quantitative estimate of drug-likeness (QED) is 0.712. The molecule has 2 saturated heterocycles. The Kier molecular flexibility index (Phi) is 8.74. The van der Waals surface area contributed by atoms with Gasteiger partial charge >= 0.3 is 0 Å². The number of carbonyl (C=O) groups excluding carboxylic acids is 2. The molecule has 30 heavy (non-hydrogen) atoms. The number of rotatable bonds is 8. The van der Waals surface area contributed by atoms with E-state index in [1.165, 1.54) is 24.0 Å². The number of benzene rings is 1. The van der Waals surface area contributed by atoms with Gasteiger partial charge in [0.15, 0.2) is 0 Å². The molecular weight excluding hydrogens is 374 g/mol. The molecule has 1 aromatic carbocycles. The van der Waals surface area contributed by atoms with Crippen LogP contribution < -0.4 is 5.32 Å². The molecule has 0 unspecified atom stereocenters. The zero-order valence-corrected chi connectivity index (χ0v) is 18.9. The third-order valence-electron chi connectivity index (χ3n) is 7.05. The molecule has 3 rings (SSSR count). The first-order chi connectivity index (χ1) is 14.6. The number of amides is 2. The molecule has 2 fully saturated rings. The summed E-state index contributed by atoms with van der Waals surface area (Å²) in [5, 5.41) is 2.67. The lowest BCUT2D eigenvalue weighted by Crippen LogP contribution is -2.41. The Morgan fingerprint density at radius 3 is 2.13 bits per heavy atom. The predicted molar refractivity (Wildman–Crippen MR) is 121 cm³/mol. The molecule has 0 aliphatic carbocycles. The highest BCUT2D eigenvalue weighted by Crippen LogP contribution is 2.25. The lowest BCUT2D eigenvalue weighted by molar-refractivity contribution is -0.134. The van der Waals surface area contributed by atoms with Gasteiger partial charge in [0.2, 0.25) is 11.8 Å². The number of nitrogens with zero attached hydrogens (tertiary/aromatic N) is 2. The van der Waals surface area contributed by atoms with Crippen LogP contribution in [0, 0.1) is 11.8 Å². The number of hydrogen-bond acceptors (Lipinski definition) is 3. The minimum absolute atomic E-state index is 0.0896. The summed E-state index contributed by atoms with van der Waals surface area (Å²) in [7, 11) is 1.68. The van der Waals surface area contributed by atoms with Crippen molar-refractivity contribution in [1.29, 1.82) is 0 Å². The molecule has 0 radical (unpaired) electrons. The van der Waals surface area contributed by atoms with E-state index in [4.69, 9.17) is 0 Å². The van der Waals surface area contributed by atoms with E-state index in [9.17, 15) is 9.59 Å². The van der Waals surface area contributed by atoms with Gasteiger partial charge in [0.1, 0.15) is 0 Å². The van der Waals surface area contributed by atoms with Crippen LogP contribution in [0.3, 0.4) is 0 Å². The fourth-order valence-corrected chi connectivity index (χ4v) is 4.83. The minimum atomic E-state index is 0.0896. The van der Waals surface area contributed by atoms with E-state index in [2.05, 4.69) is 46.3 Å². The Bertz CT molecular complexity index is 672. The maximum absolute atomic E-state index is 12.7. The molecule has 5 nitrogen and oxygen atoms in total. The summed E-state index contributed by atoms with van der Waals surface area (Å²) in [6.45, 7) is 7.50. The van der Waals surface area contributed by atoms with Crippen LogP contribution >= 0.6 is 0 Å². The van der Waals surface area contributed by atoms with Gasteiger partial charge < -0.3 is 15.1 Å². The Morgan fingerprint density at radius 1 is 0.933 bits per heavy atom. The van der Waals surface area contributed by atoms with Crippen LogP contribution in [0.2, 0.25) is 0 Å². The van der Waals surface area contributed by atoms with Crippen molar-refractivity contribution in [3.63, 3.8) is 0 Å². The van der Waals surface area contributed by atoms with Crippen LogP contribution in [0.1, 0.15) is 56.6 Å². The number of carbonyl (C=O) groups is 2. The largest absolute Gasteiger partial charge is 0.359 e. The topological polar surface area (TPSA) is 52.7 Å². The summed E-state index contributed by atoms with van der Waals surface area (Å²) >= 11 is 0. The van der Waals surface area contributed by atoms with Crippen molar-refractivity contribution in [1.82, 2.24) is 15.1 Å². The molecule has 2 amide bonds. The molecular formula is C25H39N3O2. The van der Waals surface area contributed by atoms with E-state index >= 15 is 0 Å². The number of nitrogens with one attached hydrogen (secondary N) is 1. The van der Waals surface area contributed by atoms with Crippen molar-refractivity contribution in [2.24, 2.45) is 11.8 Å². The fraction of sp³-hybridized carbons (Fsp3) is 0.680. The number of piperidine rings is 2. The summed E-state index contributed by atoms with van der Waals surface area (Å²) in [5.41, 5.74) is 2.58. The normalized spacial score (nSPS) is 19.1. The van der Waals surface area contributed by atoms with E-state index in [1.807, 2.05) is 0 Å². The summed E-state index contributed by atoms with van der Waals surface area (Å²) in [4.78, 5) is 28.7. The molecule has 0 aromatic heterocycles. The van der Waals surface area contributed by atoms with Crippen molar-refractivity contribution in [2.75, 3.05) is 39.8 Å². The van der Waals surface area contributed by atoms with E-state index < -0.39 is 0 Å². The molecule has 2 aliphatic rings. The van der Waals surface area contributed by atoms with Crippen molar-refractivity contribution in [3.05, 3.63) is 35.4 Å². The maximum Gasteiger partial charge on any atom is 0.222 e. The van der Waals surface area contributed by atoms with Crippen LogP contribution in [-0.4, -0.2) is 61.4 Å². The van der Waals surface area contributed by atoms with Gasteiger partial charge in [-0.15, -0.1) is 0 Å². The molecule has 0 saturated carbocycles. The summed E-state index contributed by atoms with van der Waals surface area (Å²) < 4.78 is 0. The zero-order chi connectivity index (χ0) is 21.3. The minimum Gasteiger partial charge on any atom is -0.359 e. The highest BCUT2D eigenvalue weighted by Gasteiger charge is 2.26. The monoisotopic (exact) mass is 413 g/mol. The Labute approximate surface area is 182 Å². The van der Waals surface area contributed by atoms with Crippen LogP contribution in [0.5, 0.6) is 0 Å². The van der Waals surface area contributed by atoms with Crippen LogP contribution in [0.25, 0.3) is 0 Å². The molecule has 2 heterocycles. The van der Waals surface area contributed by atoms with Crippen LogP contribution in [-0.2, 0) is 22.4 Å². The predicted octanol–water partition coefficient (Wildman–Crippen LogP) is 3.27.